The Labute approximate surface area is 165 Å². The molecule has 2 aromatic carbocycles. The summed E-state index contributed by atoms with van der Waals surface area (Å²) < 4.78 is 5.35. The lowest BCUT2D eigenvalue weighted by atomic mass is 10.1. The molecule has 0 saturated heterocycles. The second-order valence-corrected chi connectivity index (χ2v) is 6.60. The Morgan fingerprint density at radius 2 is 1.80 bits per heavy atom. The van der Waals surface area contributed by atoms with Gasteiger partial charge in [0, 0.05) is 11.1 Å². The molecule has 0 atom stereocenters. The molecule has 0 bridgehead atoms. The van der Waals surface area contributed by atoms with Crippen molar-refractivity contribution >= 4 is 58.0 Å². The van der Waals surface area contributed by atoms with Gasteiger partial charge in [-0.3, -0.25) is 4.79 Å². The second-order valence-electron chi connectivity index (χ2n) is 4.94. The standard InChI is InChI=1S/C17H14Cl4N2O2/c1-2-15(10-4-3-5-11(18)6-10)22-23-17(24)9-25-16-8-13(20)12(19)7-14(16)21/h3-8H,2,9H2,1H3,(H,23,24). The van der Waals surface area contributed by atoms with Gasteiger partial charge >= 0.3 is 0 Å². The summed E-state index contributed by atoms with van der Waals surface area (Å²) in [4.78, 5) is 11.9. The molecule has 0 fully saturated rings. The first-order valence-electron chi connectivity index (χ1n) is 7.29. The number of hydrazone groups is 1. The fourth-order valence-corrected chi connectivity index (χ4v) is 2.72. The topological polar surface area (TPSA) is 50.7 Å². The van der Waals surface area contributed by atoms with Gasteiger partial charge in [0.25, 0.3) is 5.91 Å². The quantitative estimate of drug-likeness (QED) is 0.375. The Morgan fingerprint density at radius 1 is 1.08 bits per heavy atom. The van der Waals surface area contributed by atoms with Crippen molar-refractivity contribution < 1.29 is 9.53 Å². The van der Waals surface area contributed by atoms with Crippen molar-refractivity contribution in [3.63, 3.8) is 0 Å². The minimum Gasteiger partial charge on any atom is -0.482 e. The molecule has 1 amide bonds. The van der Waals surface area contributed by atoms with Crippen molar-refractivity contribution in [3.05, 3.63) is 62.1 Å². The molecule has 25 heavy (non-hydrogen) atoms. The molecule has 132 valence electrons. The molecule has 0 unspecified atom stereocenters. The molecule has 2 rings (SSSR count). The van der Waals surface area contributed by atoms with Gasteiger partial charge in [0.2, 0.25) is 0 Å². The van der Waals surface area contributed by atoms with Crippen molar-refractivity contribution in [1.29, 1.82) is 0 Å². The van der Waals surface area contributed by atoms with Gasteiger partial charge in [-0.1, -0.05) is 65.5 Å². The van der Waals surface area contributed by atoms with E-state index in [9.17, 15) is 4.79 Å². The predicted molar refractivity (Wildman–Crippen MR) is 103 cm³/mol. The number of rotatable bonds is 6. The molecule has 0 aliphatic heterocycles. The molecule has 0 aliphatic carbocycles. The van der Waals surface area contributed by atoms with E-state index in [1.54, 1.807) is 12.1 Å². The summed E-state index contributed by atoms with van der Waals surface area (Å²) in [5, 5.41) is 5.57. The van der Waals surface area contributed by atoms with Gasteiger partial charge in [0.05, 0.1) is 20.8 Å². The van der Waals surface area contributed by atoms with Crippen molar-refractivity contribution in [3.8, 4) is 5.75 Å². The first kappa shape index (κ1) is 19.9. The van der Waals surface area contributed by atoms with Crippen LogP contribution in [0.25, 0.3) is 0 Å². The monoisotopic (exact) mass is 418 g/mol. The third kappa shape index (κ3) is 5.79. The van der Waals surface area contributed by atoms with E-state index in [4.69, 9.17) is 51.1 Å². The summed E-state index contributed by atoms with van der Waals surface area (Å²) in [7, 11) is 0. The van der Waals surface area contributed by atoms with Crippen LogP contribution in [0.5, 0.6) is 5.75 Å². The van der Waals surface area contributed by atoms with Gasteiger partial charge in [-0.25, -0.2) is 5.43 Å². The largest absolute Gasteiger partial charge is 0.482 e. The van der Waals surface area contributed by atoms with Crippen molar-refractivity contribution in [2.45, 2.75) is 13.3 Å². The summed E-state index contributed by atoms with van der Waals surface area (Å²) in [6, 6.07) is 10.1. The van der Waals surface area contributed by atoms with E-state index in [0.29, 0.717) is 22.2 Å². The summed E-state index contributed by atoms with van der Waals surface area (Å²) in [5.41, 5.74) is 3.98. The van der Waals surface area contributed by atoms with E-state index in [-0.39, 0.29) is 22.4 Å². The molecular formula is C17H14Cl4N2O2. The van der Waals surface area contributed by atoms with E-state index in [0.717, 1.165) is 5.56 Å². The van der Waals surface area contributed by atoms with Crippen molar-refractivity contribution in [1.82, 2.24) is 5.43 Å². The lowest BCUT2D eigenvalue weighted by molar-refractivity contribution is -0.123. The number of carbonyl (C=O) groups is 1. The number of carbonyl (C=O) groups excluding carboxylic acids is 1. The molecule has 1 N–H and O–H groups in total. The number of hydrogen-bond acceptors (Lipinski definition) is 3. The Morgan fingerprint density at radius 3 is 2.48 bits per heavy atom. The minimum absolute atomic E-state index is 0.263. The maximum absolute atomic E-state index is 11.9. The zero-order valence-electron chi connectivity index (χ0n) is 13.2. The number of nitrogens with one attached hydrogen (secondary N) is 1. The summed E-state index contributed by atoms with van der Waals surface area (Å²) in [6.45, 7) is 1.66. The average Bonchev–Trinajstić information content (AvgIpc) is 2.57. The second kappa shape index (κ2) is 9.30. The molecule has 0 aliphatic rings. The molecule has 0 heterocycles. The molecular weight excluding hydrogens is 406 g/mol. The minimum atomic E-state index is -0.435. The van der Waals surface area contributed by atoms with E-state index in [1.807, 2.05) is 19.1 Å². The number of benzene rings is 2. The average molecular weight is 420 g/mol. The van der Waals surface area contributed by atoms with Crippen LogP contribution < -0.4 is 10.2 Å². The van der Waals surface area contributed by atoms with Crippen LogP contribution in [0.4, 0.5) is 0 Å². The number of halogens is 4. The zero-order valence-corrected chi connectivity index (χ0v) is 16.2. The molecule has 2 aromatic rings. The van der Waals surface area contributed by atoms with Crippen LogP contribution in [-0.4, -0.2) is 18.2 Å². The van der Waals surface area contributed by atoms with Gasteiger partial charge in [-0.2, -0.15) is 5.10 Å². The third-order valence-corrected chi connectivity index (χ3v) is 4.39. The fourth-order valence-electron chi connectivity index (χ4n) is 1.94. The third-order valence-electron chi connectivity index (χ3n) is 3.14. The predicted octanol–water partition coefficient (Wildman–Crippen LogP) is 5.61. The number of hydrogen-bond donors (Lipinski definition) is 1. The number of ether oxygens (including phenoxy) is 1. The Balaban J connectivity index is 1.99. The van der Waals surface area contributed by atoms with Crippen LogP contribution in [0, 0.1) is 0 Å². The highest BCUT2D eigenvalue weighted by molar-refractivity contribution is 6.43. The van der Waals surface area contributed by atoms with Crippen molar-refractivity contribution in [2.24, 2.45) is 5.10 Å². The molecule has 4 nitrogen and oxygen atoms in total. The first-order chi connectivity index (χ1) is 11.9. The normalized spacial score (nSPS) is 11.3. The Hall–Kier alpha value is -1.46. The van der Waals surface area contributed by atoms with Crippen LogP contribution in [0.1, 0.15) is 18.9 Å². The molecule has 0 saturated carbocycles. The van der Waals surface area contributed by atoms with Crippen LogP contribution in [0.3, 0.4) is 0 Å². The van der Waals surface area contributed by atoms with Crippen molar-refractivity contribution in [2.75, 3.05) is 6.61 Å². The molecule has 0 spiro atoms. The maximum Gasteiger partial charge on any atom is 0.277 e. The Bertz CT molecular complexity index is 809. The van der Waals surface area contributed by atoms with E-state index in [2.05, 4.69) is 10.5 Å². The number of nitrogens with zero attached hydrogens (tertiary/aromatic N) is 1. The smallest absolute Gasteiger partial charge is 0.277 e. The lowest BCUT2D eigenvalue weighted by Gasteiger charge is -2.09. The van der Waals surface area contributed by atoms with E-state index in [1.165, 1.54) is 12.1 Å². The van der Waals surface area contributed by atoms with Gasteiger partial charge in [0.1, 0.15) is 5.75 Å². The summed E-state index contributed by atoms with van der Waals surface area (Å²) in [5.74, 6) is -0.170. The number of amides is 1. The van der Waals surface area contributed by atoms with Crippen LogP contribution in [-0.2, 0) is 4.79 Å². The highest BCUT2D eigenvalue weighted by Crippen LogP contribution is 2.33. The van der Waals surface area contributed by atoms with Gasteiger partial charge in [-0.15, -0.1) is 0 Å². The highest BCUT2D eigenvalue weighted by Gasteiger charge is 2.10. The SMILES string of the molecule is CCC(=NNC(=O)COc1cc(Cl)c(Cl)cc1Cl)c1cccc(Cl)c1. The van der Waals surface area contributed by atoms with E-state index < -0.39 is 5.91 Å². The highest BCUT2D eigenvalue weighted by atomic mass is 35.5. The summed E-state index contributed by atoms with van der Waals surface area (Å²) in [6.07, 6.45) is 0.625. The van der Waals surface area contributed by atoms with Crippen LogP contribution in [0.15, 0.2) is 41.5 Å². The fraction of sp³-hybridized carbons (Fsp3) is 0.176. The molecule has 0 aromatic heterocycles. The summed E-state index contributed by atoms with van der Waals surface area (Å²) >= 11 is 23.7. The first-order valence-corrected chi connectivity index (χ1v) is 8.80. The van der Waals surface area contributed by atoms with Crippen LogP contribution >= 0.6 is 46.4 Å². The molecule has 8 heteroatoms. The lowest BCUT2D eigenvalue weighted by Crippen LogP contribution is -2.26. The van der Waals surface area contributed by atoms with Gasteiger partial charge in [0.15, 0.2) is 6.61 Å². The van der Waals surface area contributed by atoms with Crippen LogP contribution in [0.2, 0.25) is 20.1 Å². The Kier molecular flexibility index (Phi) is 7.38. The van der Waals surface area contributed by atoms with E-state index >= 15 is 0 Å². The molecule has 0 radical (unpaired) electrons. The van der Waals surface area contributed by atoms with Gasteiger partial charge in [-0.05, 0) is 30.2 Å². The maximum atomic E-state index is 11.9. The van der Waals surface area contributed by atoms with Gasteiger partial charge < -0.3 is 4.74 Å². The zero-order chi connectivity index (χ0) is 18.4.